The Morgan fingerprint density at radius 2 is 1.79 bits per heavy atom. The molecule has 186 valence electrons. The van der Waals surface area contributed by atoms with Crippen LogP contribution in [-0.4, -0.2) is 65.7 Å². The number of carbonyl (C=O) groups is 1. The summed E-state index contributed by atoms with van der Waals surface area (Å²) in [7, 11) is -3.36. The Morgan fingerprint density at radius 1 is 1.21 bits per heavy atom. The quantitative estimate of drug-likeness (QED) is 0.432. The largest absolute Gasteiger partial charge is 0.341 e. The van der Waals surface area contributed by atoms with Crippen LogP contribution in [0.25, 0.3) is 6.08 Å². The van der Waals surface area contributed by atoms with Gasteiger partial charge in [-0.25, -0.2) is 23.9 Å². The number of aromatic nitrogens is 2. The third-order valence-electron chi connectivity index (χ3n) is 5.58. The molecule has 34 heavy (non-hydrogen) atoms. The summed E-state index contributed by atoms with van der Waals surface area (Å²) in [5.74, 6) is 0.0802. The van der Waals surface area contributed by atoms with Crippen molar-refractivity contribution < 1.29 is 18.4 Å². The summed E-state index contributed by atoms with van der Waals surface area (Å²) < 4.78 is 26.5. The Bertz CT molecular complexity index is 1020. The molecule has 0 aliphatic carbocycles. The molecule has 1 fully saturated rings. The highest BCUT2D eigenvalue weighted by Crippen LogP contribution is 2.23. The van der Waals surface area contributed by atoms with Crippen LogP contribution in [-0.2, 0) is 10.0 Å². The van der Waals surface area contributed by atoms with Gasteiger partial charge in [0.25, 0.3) is 5.91 Å². The van der Waals surface area contributed by atoms with Gasteiger partial charge in [-0.3, -0.25) is 10.0 Å². The Labute approximate surface area is 202 Å². The lowest BCUT2D eigenvalue weighted by Gasteiger charge is -2.35. The summed E-state index contributed by atoms with van der Waals surface area (Å²) in [5.41, 5.74) is 2.76. The number of sulfonamides is 1. The highest BCUT2D eigenvalue weighted by molar-refractivity contribution is 7.88. The molecule has 0 bridgehead atoms. The highest BCUT2D eigenvalue weighted by atomic mass is 32.2. The van der Waals surface area contributed by atoms with Crippen molar-refractivity contribution in [2.75, 3.05) is 30.8 Å². The maximum atomic E-state index is 12.5. The number of nitrogens with one attached hydrogen (secondary N) is 1. The van der Waals surface area contributed by atoms with Gasteiger partial charge < -0.3 is 4.90 Å². The van der Waals surface area contributed by atoms with Gasteiger partial charge in [0.15, 0.2) is 0 Å². The molecule has 1 aromatic heterocycles. The predicted molar refractivity (Wildman–Crippen MR) is 134 cm³/mol. The lowest BCUT2D eigenvalue weighted by molar-refractivity contribution is 0.0705. The van der Waals surface area contributed by atoms with Gasteiger partial charge in [-0.1, -0.05) is 56.3 Å². The number of amides is 1. The van der Waals surface area contributed by atoms with Crippen LogP contribution in [0.15, 0.2) is 48.8 Å². The van der Waals surface area contributed by atoms with Crippen molar-refractivity contribution in [1.29, 1.82) is 0 Å². The van der Waals surface area contributed by atoms with Crippen molar-refractivity contribution in [3.63, 3.8) is 0 Å². The van der Waals surface area contributed by atoms with Crippen LogP contribution in [0.4, 0.5) is 5.95 Å². The van der Waals surface area contributed by atoms with Gasteiger partial charge >= 0.3 is 0 Å². The zero-order valence-electron chi connectivity index (χ0n) is 20.3. The van der Waals surface area contributed by atoms with E-state index in [0.29, 0.717) is 25.6 Å². The summed E-state index contributed by atoms with van der Waals surface area (Å²) in [6.07, 6.45) is 9.48. The number of rotatable bonds is 8. The summed E-state index contributed by atoms with van der Waals surface area (Å²) in [6.45, 7) is 7.75. The molecule has 10 heteroatoms. The molecule has 1 aliphatic heterocycles. The van der Waals surface area contributed by atoms with Gasteiger partial charge in [-0.15, -0.1) is 0 Å². The monoisotopic (exact) mass is 489 g/mol. The van der Waals surface area contributed by atoms with Crippen LogP contribution >= 0.6 is 0 Å². The van der Waals surface area contributed by atoms with Gasteiger partial charge in [0.2, 0.25) is 16.0 Å². The summed E-state index contributed by atoms with van der Waals surface area (Å²) in [6, 6.07) is 9.55. The molecule has 1 aliphatic rings. The number of benzene rings is 1. The summed E-state index contributed by atoms with van der Waals surface area (Å²) in [5, 5.41) is 8.68. The van der Waals surface area contributed by atoms with E-state index in [2.05, 4.69) is 9.97 Å². The van der Waals surface area contributed by atoms with Gasteiger partial charge in [-0.2, -0.15) is 4.31 Å². The second kappa shape index (κ2) is 13.2. The van der Waals surface area contributed by atoms with Crippen LogP contribution in [0.2, 0.25) is 0 Å². The highest BCUT2D eigenvalue weighted by Gasteiger charge is 2.28. The first-order valence-electron chi connectivity index (χ1n) is 11.5. The topological polar surface area (TPSA) is 116 Å². The lowest BCUT2D eigenvalue weighted by atomic mass is 9.96. The van der Waals surface area contributed by atoms with E-state index in [-0.39, 0.29) is 17.5 Å². The number of nitrogens with zero attached hydrogens (tertiary/aromatic N) is 4. The Balaban J connectivity index is 0.00000199. The number of hydroxylamine groups is 1. The Kier molecular flexibility index (Phi) is 10.6. The lowest BCUT2D eigenvalue weighted by Crippen LogP contribution is -2.44. The van der Waals surface area contributed by atoms with Gasteiger partial charge in [0, 0.05) is 38.1 Å². The molecule has 1 amide bonds. The van der Waals surface area contributed by atoms with Gasteiger partial charge in [-0.05, 0) is 31.2 Å². The number of anilines is 1. The van der Waals surface area contributed by atoms with Crippen LogP contribution in [0.3, 0.4) is 0 Å². The van der Waals surface area contributed by atoms with E-state index >= 15 is 0 Å². The molecule has 2 N–H and O–H groups in total. The molecular formula is C24H35N5O4S. The minimum absolute atomic E-state index is 0.174. The Morgan fingerprint density at radius 3 is 2.32 bits per heavy atom. The zero-order chi connectivity index (χ0) is 25.1. The molecule has 0 saturated carbocycles. The minimum atomic E-state index is -3.36. The van der Waals surface area contributed by atoms with Crippen LogP contribution in [0.1, 0.15) is 49.5 Å². The first-order chi connectivity index (χ1) is 16.3. The zero-order valence-corrected chi connectivity index (χ0v) is 21.1. The van der Waals surface area contributed by atoms with Crippen molar-refractivity contribution in [3.05, 3.63) is 59.9 Å². The fourth-order valence-corrected chi connectivity index (χ4v) is 4.91. The smallest absolute Gasteiger partial charge is 0.277 e. The molecule has 3 rings (SSSR count). The summed E-state index contributed by atoms with van der Waals surface area (Å²) >= 11 is 0. The number of hydrogen-bond acceptors (Lipinski definition) is 7. The van der Waals surface area contributed by atoms with E-state index in [1.165, 1.54) is 18.6 Å². The van der Waals surface area contributed by atoms with Gasteiger partial charge in [0.05, 0.1) is 11.8 Å². The normalized spacial score (nSPS) is 15.6. The molecule has 0 spiro atoms. The number of hydrogen-bond donors (Lipinski definition) is 2. The second-order valence-corrected chi connectivity index (χ2v) is 9.92. The average Bonchev–Trinajstić information content (AvgIpc) is 2.87. The van der Waals surface area contributed by atoms with E-state index < -0.39 is 15.9 Å². The molecule has 9 nitrogen and oxygen atoms in total. The van der Waals surface area contributed by atoms with Crippen LogP contribution in [0, 0.1) is 5.92 Å². The van der Waals surface area contributed by atoms with Crippen LogP contribution < -0.4 is 10.4 Å². The first-order valence-corrected chi connectivity index (χ1v) is 13.3. The minimum Gasteiger partial charge on any atom is -0.341 e. The second-order valence-electron chi connectivity index (χ2n) is 7.99. The standard InChI is InChI=1S/C22H29N5O4S.C2H6/c1-17(8-9-18-6-4-3-5-7-18)27(32(2,30)31)16-19-10-12-26(13-11-19)22-23-14-20(15-24-22)21(28)25-29;1-2/h3-9,14-15,17,19,29H,10-13,16H2,1-2H3,(H,25,28);1-2H3/b9-8+;. The SMILES string of the molecule is CC.CC(/C=C/c1ccccc1)N(CC1CCN(c2ncc(C(=O)NO)cn2)CC1)S(C)(=O)=O. The molecular weight excluding hydrogens is 454 g/mol. The average molecular weight is 490 g/mol. The number of piperidine rings is 1. The van der Waals surface area contributed by atoms with E-state index in [1.54, 1.807) is 9.79 Å². The number of carbonyl (C=O) groups excluding carboxylic acids is 1. The molecule has 1 atom stereocenters. The van der Waals surface area contributed by atoms with Crippen molar-refractivity contribution in [2.24, 2.45) is 5.92 Å². The van der Waals surface area contributed by atoms with Crippen molar-refractivity contribution >= 4 is 28.0 Å². The molecule has 0 radical (unpaired) electrons. The third kappa shape index (κ3) is 7.89. The maximum absolute atomic E-state index is 12.5. The molecule has 1 unspecified atom stereocenters. The molecule has 2 heterocycles. The van der Waals surface area contributed by atoms with Crippen molar-refractivity contribution in [2.45, 2.75) is 39.7 Å². The maximum Gasteiger partial charge on any atom is 0.277 e. The van der Waals surface area contributed by atoms with E-state index in [0.717, 1.165) is 18.4 Å². The predicted octanol–water partition coefficient (Wildman–Crippen LogP) is 3.20. The first kappa shape index (κ1) is 27.4. The molecule has 1 saturated heterocycles. The van der Waals surface area contributed by atoms with E-state index in [1.807, 2.05) is 68.2 Å². The Hall–Kier alpha value is -2.82. The van der Waals surface area contributed by atoms with Gasteiger partial charge in [0.1, 0.15) is 0 Å². The fraction of sp³-hybridized carbons (Fsp3) is 0.458. The van der Waals surface area contributed by atoms with E-state index in [9.17, 15) is 13.2 Å². The molecule has 1 aromatic carbocycles. The van der Waals surface area contributed by atoms with Crippen LogP contribution in [0.5, 0.6) is 0 Å². The summed E-state index contributed by atoms with van der Waals surface area (Å²) in [4.78, 5) is 21.8. The van der Waals surface area contributed by atoms with E-state index in [4.69, 9.17) is 5.21 Å². The fourth-order valence-electron chi connectivity index (χ4n) is 3.75. The molecule has 2 aromatic rings. The van der Waals surface area contributed by atoms with Crippen molar-refractivity contribution in [1.82, 2.24) is 19.8 Å². The third-order valence-corrected chi connectivity index (χ3v) is 6.92. The van der Waals surface area contributed by atoms with Crippen molar-refractivity contribution in [3.8, 4) is 0 Å².